The molecule has 0 aliphatic carbocycles. The van der Waals surface area contributed by atoms with E-state index in [1.807, 2.05) is 6.07 Å². The van der Waals surface area contributed by atoms with E-state index in [0.29, 0.717) is 16.5 Å². The second kappa shape index (κ2) is 4.93. The topological polar surface area (TPSA) is 46.1 Å². The van der Waals surface area contributed by atoms with Gasteiger partial charge >= 0.3 is 0 Å². The first kappa shape index (κ1) is 11.5. The predicted molar refractivity (Wildman–Crippen MR) is 66.2 cm³/mol. The van der Waals surface area contributed by atoms with E-state index in [1.165, 1.54) is 17.2 Å². The van der Waals surface area contributed by atoms with E-state index in [0.717, 1.165) is 0 Å². The van der Waals surface area contributed by atoms with Crippen LogP contribution in [-0.2, 0) is 0 Å². The molecular formula is C12H10ClN3O. The molecule has 0 aromatic carbocycles. The number of anilines is 1. The number of nitrogens with zero attached hydrogens (tertiary/aromatic N) is 3. The Morgan fingerprint density at radius 1 is 1.24 bits per heavy atom. The van der Waals surface area contributed by atoms with Crippen LogP contribution in [0.15, 0.2) is 42.7 Å². The van der Waals surface area contributed by atoms with Crippen LogP contribution in [0.5, 0.6) is 0 Å². The van der Waals surface area contributed by atoms with Gasteiger partial charge in [0.25, 0.3) is 5.91 Å². The van der Waals surface area contributed by atoms with Gasteiger partial charge in [-0.05, 0) is 24.3 Å². The normalized spacial score (nSPS) is 10.0. The van der Waals surface area contributed by atoms with E-state index >= 15 is 0 Å². The van der Waals surface area contributed by atoms with Gasteiger partial charge < -0.3 is 0 Å². The quantitative estimate of drug-likeness (QED) is 0.766. The average Bonchev–Trinajstić information content (AvgIpc) is 2.38. The fraction of sp³-hybridized carbons (Fsp3) is 0.0833. The fourth-order valence-corrected chi connectivity index (χ4v) is 1.56. The number of amides is 1. The second-order valence-electron chi connectivity index (χ2n) is 3.42. The summed E-state index contributed by atoms with van der Waals surface area (Å²) in [6.45, 7) is 0. The Bertz CT molecular complexity index is 530. The van der Waals surface area contributed by atoms with Crippen LogP contribution in [0.2, 0.25) is 5.15 Å². The fourth-order valence-electron chi connectivity index (χ4n) is 1.39. The minimum absolute atomic E-state index is 0.173. The molecule has 2 rings (SSSR count). The zero-order valence-corrected chi connectivity index (χ0v) is 9.93. The van der Waals surface area contributed by atoms with Crippen molar-refractivity contribution in [2.24, 2.45) is 0 Å². The van der Waals surface area contributed by atoms with Crippen molar-refractivity contribution in [1.29, 1.82) is 0 Å². The SMILES string of the molecule is CN(C(=O)c1ccnc(Cl)c1)c1ccccn1. The third-order valence-electron chi connectivity index (χ3n) is 2.27. The van der Waals surface area contributed by atoms with Crippen LogP contribution >= 0.6 is 11.6 Å². The average molecular weight is 248 g/mol. The maximum absolute atomic E-state index is 12.1. The Hall–Kier alpha value is -1.94. The van der Waals surface area contributed by atoms with Crippen molar-refractivity contribution in [1.82, 2.24) is 9.97 Å². The highest BCUT2D eigenvalue weighted by atomic mass is 35.5. The molecule has 0 atom stereocenters. The van der Waals surface area contributed by atoms with Crippen molar-refractivity contribution in [3.63, 3.8) is 0 Å². The third-order valence-corrected chi connectivity index (χ3v) is 2.48. The molecule has 2 aromatic rings. The monoisotopic (exact) mass is 247 g/mol. The van der Waals surface area contributed by atoms with Gasteiger partial charge in [0.1, 0.15) is 11.0 Å². The molecule has 0 radical (unpaired) electrons. The summed E-state index contributed by atoms with van der Waals surface area (Å²) >= 11 is 5.74. The Labute approximate surface area is 104 Å². The summed E-state index contributed by atoms with van der Waals surface area (Å²) in [6, 6.07) is 8.54. The number of hydrogen-bond donors (Lipinski definition) is 0. The lowest BCUT2D eigenvalue weighted by atomic mass is 10.2. The van der Waals surface area contributed by atoms with Crippen molar-refractivity contribution in [2.75, 3.05) is 11.9 Å². The summed E-state index contributed by atoms with van der Waals surface area (Å²) in [5.74, 6) is 0.415. The molecule has 0 spiro atoms. The van der Waals surface area contributed by atoms with Crippen LogP contribution in [0, 0.1) is 0 Å². The summed E-state index contributed by atoms with van der Waals surface area (Å²) in [6.07, 6.45) is 3.14. The molecular weight excluding hydrogens is 238 g/mol. The van der Waals surface area contributed by atoms with E-state index in [9.17, 15) is 4.79 Å². The molecule has 0 fully saturated rings. The Morgan fingerprint density at radius 2 is 2.06 bits per heavy atom. The van der Waals surface area contributed by atoms with Crippen LogP contribution in [-0.4, -0.2) is 22.9 Å². The number of carbonyl (C=O) groups excluding carboxylic acids is 1. The maximum Gasteiger partial charge on any atom is 0.259 e. The van der Waals surface area contributed by atoms with Crippen LogP contribution in [0.3, 0.4) is 0 Å². The highest BCUT2D eigenvalue weighted by Crippen LogP contribution is 2.13. The lowest BCUT2D eigenvalue weighted by molar-refractivity contribution is 0.0992. The minimum Gasteiger partial charge on any atom is -0.296 e. The van der Waals surface area contributed by atoms with Crippen molar-refractivity contribution in [3.05, 3.63) is 53.4 Å². The van der Waals surface area contributed by atoms with Gasteiger partial charge in [0.2, 0.25) is 0 Å². The molecule has 4 nitrogen and oxygen atoms in total. The number of aromatic nitrogens is 2. The smallest absolute Gasteiger partial charge is 0.259 e. The Kier molecular flexibility index (Phi) is 3.35. The third kappa shape index (κ3) is 2.60. The Balaban J connectivity index is 2.27. The number of hydrogen-bond acceptors (Lipinski definition) is 3. The number of halogens is 1. The van der Waals surface area contributed by atoms with Gasteiger partial charge in [-0.3, -0.25) is 9.69 Å². The molecule has 0 N–H and O–H groups in total. The van der Waals surface area contributed by atoms with Crippen LogP contribution in [0.4, 0.5) is 5.82 Å². The second-order valence-corrected chi connectivity index (χ2v) is 3.81. The summed E-state index contributed by atoms with van der Waals surface area (Å²) in [7, 11) is 1.67. The molecule has 0 saturated heterocycles. The summed E-state index contributed by atoms with van der Waals surface area (Å²) in [4.78, 5) is 21.5. The van der Waals surface area contributed by atoms with E-state index in [2.05, 4.69) is 9.97 Å². The molecule has 2 heterocycles. The molecule has 5 heteroatoms. The molecule has 0 saturated carbocycles. The minimum atomic E-state index is -0.173. The molecule has 86 valence electrons. The van der Waals surface area contributed by atoms with E-state index < -0.39 is 0 Å². The van der Waals surface area contributed by atoms with Gasteiger partial charge in [0.05, 0.1) is 0 Å². The van der Waals surface area contributed by atoms with Crippen molar-refractivity contribution in [3.8, 4) is 0 Å². The van der Waals surface area contributed by atoms with Gasteiger partial charge in [-0.25, -0.2) is 9.97 Å². The van der Waals surface area contributed by atoms with E-state index in [4.69, 9.17) is 11.6 Å². The molecule has 0 bridgehead atoms. The standard InChI is InChI=1S/C12H10ClN3O/c1-16(11-4-2-3-6-15-11)12(17)9-5-7-14-10(13)8-9/h2-8H,1H3. The van der Waals surface area contributed by atoms with E-state index in [-0.39, 0.29) is 5.91 Å². The van der Waals surface area contributed by atoms with Crippen LogP contribution in [0.25, 0.3) is 0 Å². The highest BCUT2D eigenvalue weighted by molar-refractivity contribution is 6.29. The van der Waals surface area contributed by atoms with E-state index in [1.54, 1.807) is 31.4 Å². The Morgan fingerprint density at radius 3 is 2.71 bits per heavy atom. The number of pyridine rings is 2. The van der Waals surface area contributed by atoms with Crippen molar-refractivity contribution >= 4 is 23.3 Å². The number of carbonyl (C=O) groups is 1. The van der Waals surface area contributed by atoms with Gasteiger partial charge in [-0.1, -0.05) is 17.7 Å². The van der Waals surface area contributed by atoms with Gasteiger partial charge in [0, 0.05) is 25.0 Å². The molecule has 17 heavy (non-hydrogen) atoms. The predicted octanol–water partition coefficient (Wildman–Crippen LogP) is 2.41. The zero-order valence-electron chi connectivity index (χ0n) is 9.17. The summed E-state index contributed by atoms with van der Waals surface area (Å²) in [5, 5.41) is 0.297. The van der Waals surface area contributed by atoms with Crippen molar-refractivity contribution < 1.29 is 4.79 Å². The molecule has 0 aliphatic heterocycles. The zero-order chi connectivity index (χ0) is 12.3. The van der Waals surface area contributed by atoms with Gasteiger partial charge in [0.15, 0.2) is 0 Å². The first-order chi connectivity index (χ1) is 8.18. The largest absolute Gasteiger partial charge is 0.296 e. The lowest BCUT2D eigenvalue weighted by Gasteiger charge is -2.15. The molecule has 1 amide bonds. The summed E-state index contributed by atoms with van der Waals surface area (Å²) < 4.78 is 0. The molecule has 0 aliphatic rings. The highest BCUT2D eigenvalue weighted by Gasteiger charge is 2.14. The maximum atomic E-state index is 12.1. The lowest BCUT2D eigenvalue weighted by Crippen LogP contribution is -2.26. The molecule has 0 unspecified atom stereocenters. The summed E-state index contributed by atoms with van der Waals surface area (Å²) in [5.41, 5.74) is 0.484. The van der Waals surface area contributed by atoms with Gasteiger partial charge in [-0.2, -0.15) is 0 Å². The van der Waals surface area contributed by atoms with Gasteiger partial charge in [-0.15, -0.1) is 0 Å². The number of rotatable bonds is 2. The first-order valence-electron chi connectivity index (χ1n) is 4.99. The van der Waals surface area contributed by atoms with Crippen molar-refractivity contribution in [2.45, 2.75) is 0 Å². The van der Waals surface area contributed by atoms with Crippen LogP contribution < -0.4 is 4.90 Å². The first-order valence-corrected chi connectivity index (χ1v) is 5.37. The van der Waals surface area contributed by atoms with Crippen LogP contribution in [0.1, 0.15) is 10.4 Å². The molecule has 2 aromatic heterocycles.